The maximum absolute atomic E-state index is 12.7. The van der Waals surface area contributed by atoms with Crippen molar-refractivity contribution in [2.45, 2.75) is 6.42 Å². The lowest BCUT2D eigenvalue weighted by molar-refractivity contribution is -0.115. The average molecular weight is 266 g/mol. The summed E-state index contributed by atoms with van der Waals surface area (Å²) in [5, 5.41) is 9.18. The van der Waals surface area contributed by atoms with Gasteiger partial charge in [-0.05, 0) is 36.5 Å². The van der Waals surface area contributed by atoms with Gasteiger partial charge in [-0.15, -0.1) is 0 Å². The molecule has 2 rings (SSSR count). The van der Waals surface area contributed by atoms with Gasteiger partial charge in [-0.2, -0.15) is 5.10 Å². The molecule has 1 aromatic carbocycles. The van der Waals surface area contributed by atoms with Crippen LogP contribution in [0.15, 0.2) is 24.3 Å². The smallest absolute Gasteiger partial charge is 0.232 e. The molecule has 0 radical (unpaired) electrons. The number of benzene rings is 1. The van der Waals surface area contributed by atoms with Gasteiger partial charge in [-0.25, -0.2) is 4.39 Å². The Hall–Kier alpha value is -2.02. The first-order valence-corrected chi connectivity index (χ1v) is 5.63. The van der Waals surface area contributed by atoms with Gasteiger partial charge in [0.05, 0.1) is 6.42 Å². The normalized spacial score (nSPS) is 10.3. The third-order valence-corrected chi connectivity index (χ3v) is 2.78. The topological polar surface area (TPSA) is 62.7 Å². The molecule has 94 valence electrons. The molecule has 1 aromatic heterocycles. The molecule has 0 unspecified atom stereocenters. The number of aromatic nitrogens is 3. The molecule has 1 amide bonds. The molecule has 5 nitrogen and oxygen atoms in total. The summed E-state index contributed by atoms with van der Waals surface area (Å²) in [5.74, 6) is -0.0410. The number of hydrogen-bond acceptors (Lipinski definition) is 3. The first-order chi connectivity index (χ1) is 8.56. The van der Waals surface area contributed by atoms with E-state index in [-0.39, 0.29) is 18.1 Å². The molecule has 7 heteroatoms. The van der Waals surface area contributed by atoms with Crippen molar-refractivity contribution in [1.82, 2.24) is 14.8 Å². The molecule has 0 bridgehead atoms. The fourth-order valence-electron chi connectivity index (χ4n) is 1.42. The van der Waals surface area contributed by atoms with Gasteiger partial charge in [0.25, 0.3) is 0 Å². The highest BCUT2D eigenvalue weighted by Gasteiger charge is 2.09. The Morgan fingerprint density at radius 3 is 2.72 bits per heavy atom. The van der Waals surface area contributed by atoms with Gasteiger partial charge in [0.1, 0.15) is 11.6 Å². The number of amides is 1. The third-order valence-electron chi connectivity index (χ3n) is 2.42. The summed E-state index contributed by atoms with van der Waals surface area (Å²) in [7, 11) is 1.73. The van der Waals surface area contributed by atoms with Gasteiger partial charge in [0.2, 0.25) is 5.91 Å². The van der Waals surface area contributed by atoms with Gasteiger partial charge in [-0.3, -0.25) is 9.89 Å². The summed E-state index contributed by atoms with van der Waals surface area (Å²) in [6, 6.07) is 5.56. The second-order valence-electron chi connectivity index (χ2n) is 3.74. The Morgan fingerprint density at radius 1 is 1.50 bits per heavy atom. The number of anilines is 1. The highest BCUT2D eigenvalue weighted by atomic mass is 32.1. The van der Waals surface area contributed by atoms with E-state index in [0.29, 0.717) is 16.3 Å². The average Bonchev–Trinajstić information content (AvgIpc) is 2.64. The van der Waals surface area contributed by atoms with Crippen LogP contribution < -0.4 is 5.32 Å². The van der Waals surface area contributed by atoms with Crippen molar-refractivity contribution >= 4 is 23.8 Å². The van der Waals surface area contributed by atoms with E-state index in [2.05, 4.69) is 15.5 Å². The van der Waals surface area contributed by atoms with Crippen LogP contribution in [0.1, 0.15) is 5.82 Å². The number of nitrogens with one attached hydrogen (secondary N) is 2. The van der Waals surface area contributed by atoms with Crippen LogP contribution in [0.4, 0.5) is 10.1 Å². The predicted molar refractivity (Wildman–Crippen MR) is 67.1 cm³/mol. The molecular weight excluding hydrogens is 255 g/mol. The van der Waals surface area contributed by atoms with E-state index in [0.717, 1.165) is 0 Å². The van der Waals surface area contributed by atoms with Crippen LogP contribution >= 0.6 is 12.2 Å². The minimum absolute atomic E-state index is 0.0982. The monoisotopic (exact) mass is 266 g/mol. The quantitative estimate of drug-likeness (QED) is 0.833. The fourth-order valence-corrected chi connectivity index (χ4v) is 1.57. The molecule has 0 atom stereocenters. The predicted octanol–water partition coefficient (Wildman–Crippen LogP) is 1.80. The molecule has 2 aromatic rings. The van der Waals surface area contributed by atoms with E-state index in [4.69, 9.17) is 12.2 Å². The SMILES string of the molecule is Cn1c(CC(=O)Nc2ccc(F)cc2)n[nH]c1=S. The van der Waals surface area contributed by atoms with E-state index in [1.54, 1.807) is 11.6 Å². The molecule has 0 aliphatic carbocycles. The van der Waals surface area contributed by atoms with Gasteiger partial charge < -0.3 is 9.88 Å². The summed E-state index contributed by atoms with van der Waals surface area (Å²) in [4.78, 5) is 11.7. The van der Waals surface area contributed by atoms with Crippen LogP contribution in [0.5, 0.6) is 0 Å². The minimum Gasteiger partial charge on any atom is -0.326 e. The number of carbonyl (C=O) groups excluding carboxylic acids is 1. The van der Waals surface area contributed by atoms with Crippen molar-refractivity contribution in [2.24, 2.45) is 7.05 Å². The molecule has 0 spiro atoms. The summed E-state index contributed by atoms with van der Waals surface area (Å²) in [6.45, 7) is 0. The van der Waals surface area contributed by atoms with Crippen molar-refractivity contribution in [1.29, 1.82) is 0 Å². The summed E-state index contributed by atoms with van der Waals surface area (Å²) in [6.07, 6.45) is 0.0982. The van der Waals surface area contributed by atoms with Gasteiger partial charge in [0, 0.05) is 12.7 Å². The Kier molecular flexibility index (Phi) is 3.52. The number of rotatable bonds is 3. The maximum atomic E-state index is 12.7. The number of halogens is 1. The van der Waals surface area contributed by atoms with E-state index < -0.39 is 0 Å². The van der Waals surface area contributed by atoms with Gasteiger partial charge in [0.15, 0.2) is 4.77 Å². The molecule has 0 aliphatic rings. The number of carbonyl (C=O) groups is 1. The summed E-state index contributed by atoms with van der Waals surface area (Å²) in [5.41, 5.74) is 0.540. The molecular formula is C11H11FN4OS. The first-order valence-electron chi connectivity index (χ1n) is 5.22. The van der Waals surface area contributed by atoms with E-state index in [1.165, 1.54) is 24.3 Å². The van der Waals surface area contributed by atoms with E-state index in [1.807, 2.05) is 0 Å². The zero-order chi connectivity index (χ0) is 13.1. The standard InChI is InChI=1S/C11H11FN4OS/c1-16-9(14-15-11(16)18)6-10(17)13-8-4-2-7(12)3-5-8/h2-5H,6H2,1H3,(H,13,17)(H,15,18). The highest BCUT2D eigenvalue weighted by molar-refractivity contribution is 7.71. The fraction of sp³-hybridized carbons (Fsp3) is 0.182. The maximum Gasteiger partial charge on any atom is 0.232 e. The molecule has 0 saturated heterocycles. The van der Waals surface area contributed by atoms with E-state index in [9.17, 15) is 9.18 Å². The van der Waals surface area contributed by atoms with Crippen molar-refractivity contribution in [2.75, 3.05) is 5.32 Å². The third kappa shape index (κ3) is 2.80. The molecule has 1 heterocycles. The highest BCUT2D eigenvalue weighted by Crippen LogP contribution is 2.08. The Morgan fingerprint density at radius 2 is 2.17 bits per heavy atom. The zero-order valence-electron chi connectivity index (χ0n) is 9.61. The first kappa shape index (κ1) is 12.4. The lowest BCUT2D eigenvalue weighted by Gasteiger charge is -2.04. The van der Waals surface area contributed by atoms with Crippen LogP contribution in [-0.2, 0) is 18.3 Å². The van der Waals surface area contributed by atoms with Crippen molar-refractivity contribution in [3.63, 3.8) is 0 Å². The number of H-pyrrole nitrogens is 1. The Bertz CT molecular complexity index is 617. The number of hydrogen-bond donors (Lipinski definition) is 2. The lowest BCUT2D eigenvalue weighted by Crippen LogP contribution is -2.16. The van der Waals surface area contributed by atoms with Gasteiger partial charge >= 0.3 is 0 Å². The minimum atomic E-state index is -0.345. The Balaban J connectivity index is 2.03. The zero-order valence-corrected chi connectivity index (χ0v) is 10.4. The van der Waals surface area contributed by atoms with Crippen LogP contribution in [0.25, 0.3) is 0 Å². The molecule has 0 saturated carbocycles. The van der Waals surface area contributed by atoms with Crippen LogP contribution in [-0.4, -0.2) is 20.7 Å². The van der Waals surface area contributed by atoms with Crippen molar-refractivity contribution in [3.8, 4) is 0 Å². The summed E-state index contributed by atoms with van der Waals surface area (Å²) < 4.78 is 14.8. The molecule has 0 fully saturated rings. The van der Waals surface area contributed by atoms with E-state index >= 15 is 0 Å². The largest absolute Gasteiger partial charge is 0.326 e. The lowest BCUT2D eigenvalue weighted by atomic mass is 10.3. The second-order valence-corrected chi connectivity index (χ2v) is 4.12. The molecule has 2 N–H and O–H groups in total. The van der Waals surface area contributed by atoms with Crippen LogP contribution in [0.2, 0.25) is 0 Å². The van der Waals surface area contributed by atoms with Crippen LogP contribution in [0.3, 0.4) is 0 Å². The second kappa shape index (κ2) is 5.09. The Labute approximate surface area is 108 Å². The molecule has 18 heavy (non-hydrogen) atoms. The van der Waals surface area contributed by atoms with Crippen LogP contribution in [0, 0.1) is 10.6 Å². The van der Waals surface area contributed by atoms with Gasteiger partial charge in [-0.1, -0.05) is 0 Å². The molecule has 0 aliphatic heterocycles. The van der Waals surface area contributed by atoms with Crippen molar-refractivity contribution < 1.29 is 9.18 Å². The van der Waals surface area contributed by atoms with Crippen molar-refractivity contribution in [3.05, 3.63) is 40.7 Å². The summed E-state index contributed by atoms with van der Waals surface area (Å²) >= 11 is 4.94. The number of nitrogens with zero attached hydrogens (tertiary/aromatic N) is 2. The number of aromatic amines is 1.